The van der Waals surface area contributed by atoms with Crippen LogP contribution >= 0.6 is 0 Å². The number of rotatable bonds is 8. The molecule has 0 saturated carbocycles. The molecule has 0 spiro atoms. The Morgan fingerprint density at radius 1 is 1.00 bits per heavy atom. The van der Waals surface area contributed by atoms with E-state index in [2.05, 4.69) is 31.1 Å². The fraction of sp³-hybridized carbons (Fsp3) is 0.281. The lowest BCUT2D eigenvalue weighted by atomic mass is 9.90. The Bertz CT molecular complexity index is 1720. The molecule has 0 aliphatic carbocycles. The molecule has 0 aliphatic rings. The molecule has 3 heterocycles. The van der Waals surface area contributed by atoms with E-state index in [9.17, 15) is 9.18 Å². The summed E-state index contributed by atoms with van der Waals surface area (Å²) < 4.78 is 24.0. The van der Waals surface area contributed by atoms with Crippen molar-refractivity contribution in [2.45, 2.75) is 52.7 Å². The molecular weight excluding hydrogens is 505 g/mol. The van der Waals surface area contributed by atoms with E-state index in [1.54, 1.807) is 29.8 Å². The zero-order valence-corrected chi connectivity index (χ0v) is 23.5. The topological polar surface area (TPSA) is 73.4 Å². The third kappa shape index (κ3) is 5.27. The number of fused-ring (bicyclic) bond motifs is 1. The molecule has 2 aromatic carbocycles. The van der Waals surface area contributed by atoms with Gasteiger partial charge in [-0.2, -0.15) is 0 Å². The molecule has 0 bridgehead atoms. The molecular formula is C32H34FN5O2. The Balaban J connectivity index is 1.76. The normalized spacial score (nSPS) is 11.8. The van der Waals surface area contributed by atoms with Gasteiger partial charge in [0.05, 0.1) is 36.3 Å². The summed E-state index contributed by atoms with van der Waals surface area (Å²) in [6, 6.07) is 19.9. The number of ether oxygens (including phenoxy) is 1. The number of nitrogens with zero attached hydrogens (tertiary/aromatic N) is 4. The molecule has 0 unspecified atom stereocenters. The van der Waals surface area contributed by atoms with Gasteiger partial charge in [-0.25, -0.2) is 13.8 Å². The van der Waals surface area contributed by atoms with Crippen LogP contribution < -0.4 is 15.6 Å². The summed E-state index contributed by atoms with van der Waals surface area (Å²) in [7, 11) is 1.60. The van der Waals surface area contributed by atoms with Gasteiger partial charge in [0, 0.05) is 36.0 Å². The van der Waals surface area contributed by atoms with Crippen molar-refractivity contribution in [2.24, 2.45) is 0 Å². The molecule has 0 aliphatic heterocycles. The second-order valence-electron chi connectivity index (χ2n) is 10.9. The summed E-state index contributed by atoms with van der Waals surface area (Å²) in [6.45, 7) is 9.30. The monoisotopic (exact) mass is 539 g/mol. The van der Waals surface area contributed by atoms with E-state index in [0.29, 0.717) is 41.4 Å². The first-order valence-corrected chi connectivity index (χ1v) is 13.3. The van der Waals surface area contributed by atoms with Crippen LogP contribution in [0.3, 0.4) is 0 Å². The molecule has 206 valence electrons. The van der Waals surface area contributed by atoms with Crippen LogP contribution in [0.1, 0.15) is 49.1 Å². The summed E-state index contributed by atoms with van der Waals surface area (Å²) >= 11 is 0. The average molecular weight is 540 g/mol. The highest BCUT2D eigenvalue weighted by molar-refractivity contribution is 5.68. The number of hydrogen-bond acceptors (Lipinski definition) is 5. The number of hydrogen-bond donors (Lipinski definition) is 1. The second kappa shape index (κ2) is 11.1. The first-order valence-electron chi connectivity index (χ1n) is 13.3. The Kier molecular flexibility index (Phi) is 7.54. The highest BCUT2D eigenvalue weighted by Gasteiger charge is 2.28. The summed E-state index contributed by atoms with van der Waals surface area (Å²) in [5, 5.41) is 3.45. The SMILES string of the molecule is COc1cccc(-c2c(C)n(Cc3ccccc3F)c3nc(C(C)(C)C)c(CNCc4ccccn4)n3c2=O)c1. The van der Waals surface area contributed by atoms with Gasteiger partial charge in [0.25, 0.3) is 5.56 Å². The van der Waals surface area contributed by atoms with Crippen molar-refractivity contribution >= 4 is 5.78 Å². The van der Waals surface area contributed by atoms with Gasteiger partial charge >= 0.3 is 0 Å². The number of aromatic nitrogens is 4. The van der Waals surface area contributed by atoms with Gasteiger partial charge in [-0.05, 0) is 42.8 Å². The average Bonchev–Trinajstić information content (AvgIpc) is 3.33. The summed E-state index contributed by atoms with van der Waals surface area (Å²) in [5.74, 6) is 0.828. The maximum atomic E-state index is 14.9. The fourth-order valence-corrected chi connectivity index (χ4v) is 5.06. The van der Waals surface area contributed by atoms with Gasteiger partial charge in [-0.15, -0.1) is 0 Å². The first-order chi connectivity index (χ1) is 19.2. The standard InChI is InChI=1S/C32H34FN5O2/c1-21-28(22-12-10-14-25(17-22)40-5)30(39)38-27(19-34-18-24-13-8-9-16-35-24)29(32(2,3)4)36-31(38)37(21)20-23-11-6-7-15-26(23)33/h6-17,34H,18-20H2,1-5H3. The lowest BCUT2D eigenvalue weighted by Crippen LogP contribution is -2.27. The summed E-state index contributed by atoms with van der Waals surface area (Å²) in [4.78, 5) is 23.8. The molecule has 1 N–H and O–H groups in total. The minimum atomic E-state index is -0.347. The van der Waals surface area contributed by atoms with Crippen LogP contribution in [0.15, 0.2) is 77.7 Å². The number of benzene rings is 2. The minimum absolute atomic E-state index is 0.178. The van der Waals surface area contributed by atoms with Gasteiger partial charge in [0.2, 0.25) is 5.78 Å². The van der Waals surface area contributed by atoms with Crippen molar-refractivity contribution in [3.05, 3.63) is 117 Å². The molecule has 0 radical (unpaired) electrons. The molecule has 0 saturated heterocycles. The van der Waals surface area contributed by atoms with Crippen LogP contribution in [0, 0.1) is 12.7 Å². The zero-order chi connectivity index (χ0) is 28.4. The zero-order valence-electron chi connectivity index (χ0n) is 23.5. The van der Waals surface area contributed by atoms with Crippen LogP contribution in [0.2, 0.25) is 0 Å². The van der Waals surface area contributed by atoms with Crippen LogP contribution in [-0.4, -0.2) is 26.0 Å². The van der Waals surface area contributed by atoms with E-state index in [-0.39, 0.29) is 23.3 Å². The van der Waals surface area contributed by atoms with E-state index in [1.165, 1.54) is 6.07 Å². The van der Waals surface area contributed by atoms with Crippen molar-refractivity contribution < 1.29 is 9.13 Å². The Morgan fingerprint density at radius 2 is 1.77 bits per heavy atom. The maximum Gasteiger partial charge on any atom is 0.267 e. The second-order valence-corrected chi connectivity index (χ2v) is 10.9. The number of nitrogens with one attached hydrogen (secondary N) is 1. The fourth-order valence-electron chi connectivity index (χ4n) is 5.06. The van der Waals surface area contributed by atoms with Gasteiger partial charge in [0.15, 0.2) is 0 Å². The van der Waals surface area contributed by atoms with Crippen molar-refractivity contribution in [1.29, 1.82) is 0 Å². The largest absolute Gasteiger partial charge is 0.497 e. The van der Waals surface area contributed by atoms with Gasteiger partial charge in [-0.3, -0.25) is 9.78 Å². The summed E-state index contributed by atoms with van der Waals surface area (Å²) in [5.41, 5.74) is 4.42. The molecule has 3 aromatic heterocycles. The van der Waals surface area contributed by atoms with E-state index in [4.69, 9.17) is 9.72 Å². The van der Waals surface area contributed by atoms with Crippen LogP contribution in [0.4, 0.5) is 4.39 Å². The number of methoxy groups -OCH3 is 1. The predicted molar refractivity (Wildman–Crippen MR) is 155 cm³/mol. The molecule has 40 heavy (non-hydrogen) atoms. The Hall–Kier alpha value is -4.30. The number of pyridine rings is 1. The number of imidazole rings is 1. The van der Waals surface area contributed by atoms with E-state index in [0.717, 1.165) is 22.6 Å². The molecule has 5 rings (SSSR count). The highest BCUT2D eigenvalue weighted by atomic mass is 19.1. The lowest BCUT2D eigenvalue weighted by molar-refractivity contribution is 0.415. The van der Waals surface area contributed by atoms with Gasteiger partial charge in [-0.1, -0.05) is 57.2 Å². The highest BCUT2D eigenvalue weighted by Crippen LogP contribution is 2.30. The molecule has 0 atom stereocenters. The Morgan fingerprint density at radius 3 is 2.48 bits per heavy atom. The lowest BCUT2D eigenvalue weighted by Gasteiger charge is -2.19. The third-order valence-electron chi connectivity index (χ3n) is 7.06. The van der Waals surface area contributed by atoms with Gasteiger partial charge < -0.3 is 14.6 Å². The first kappa shape index (κ1) is 27.3. The van der Waals surface area contributed by atoms with Crippen molar-refractivity contribution in [3.63, 3.8) is 0 Å². The van der Waals surface area contributed by atoms with Crippen LogP contribution in [0.25, 0.3) is 16.9 Å². The molecule has 5 aromatic rings. The smallest absolute Gasteiger partial charge is 0.267 e. The van der Waals surface area contributed by atoms with Crippen LogP contribution in [0.5, 0.6) is 5.75 Å². The molecule has 7 nitrogen and oxygen atoms in total. The van der Waals surface area contributed by atoms with E-state index >= 15 is 0 Å². The Labute approximate surface area is 233 Å². The molecule has 0 amide bonds. The molecule has 0 fully saturated rings. The van der Waals surface area contributed by atoms with Gasteiger partial charge in [0.1, 0.15) is 11.6 Å². The maximum absolute atomic E-state index is 14.9. The van der Waals surface area contributed by atoms with Crippen molar-refractivity contribution in [1.82, 2.24) is 24.3 Å². The predicted octanol–water partition coefficient (Wildman–Crippen LogP) is 5.65. The quantitative estimate of drug-likeness (QED) is 0.276. The van der Waals surface area contributed by atoms with Crippen molar-refractivity contribution in [3.8, 4) is 16.9 Å². The van der Waals surface area contributed by atoms with Crippen molar-refractivity contribution in [2.75, 3.05) is 7.11 Å². The minimum Gasteiger partial charge on any atom is -0.497 e. The molecule has 8 heteroatoms. The third-order valence-corrected chi connectivity index (χ3v) is 7.06. The summed E-state index contributed by atoms with van der Waals surface area (Å²) in [6.07, 6.45) is 1.76. The van der Waals surface area contributed by atoms with E-state index < -0.39 is 0 Å². The van der Waals surface area contributed by atoms with E-state index in [1.807, 2.05) is 60.0 Å². The number of halogens is 1. The van der Waals surface area contributed by atoms with Crippen LogP contribution in [-0.2, 0) is 25.0 Å².